The summed E-state index contributed by atoms with van der Waals surface area (Å²) in [5, 5.41) is 0. The van der Waals surface area contributed by atoms with Gasteiger partial charge in [0.2, 0.25) is 0 Å². The summed E-state index contributed by atoms with van der Waals surface area (Å²) in [5.41, 5.74) is 11.6. The van der Waals surface area contributed by atoms with Gasteiger partial charge in [-0.3, -0.25) is 0 Å². The molecule has 2 aliphatic rings. The Labute approximate surface area is 87.4 Å². The molecule has 2 fully saturated rings. The van der Waals surface area contributed by atoms with E-state index in [1.54, 1.807) is 0 Å². The van der Waals surface area contributed by atoms with Crippen LogP contribution >= 0.6 is 0 Å². The SMILES string of the molecule is NCC1CCCC2CC(C1)CC2CN. The first-order chi connectivity index (χ1) is 6.83. The van der Waals surface area contributed by atoms with Gasteiger partial charge in [0.1, 0.15) is 0 Å². The number of hydrogen-bond acceptors (Lipinski definition) is 2. The van der Waals surface area contributed by atoms with Gasteiger partial charge in [0, 0.05) is 0 Å². The lowest BCUT2D eigenvalue weighted by Crippen LogP contribution is -2.20. The van der Waals surface area contributed by atoms with E-state index in [1.807, 2.05) is 0 Å². The molecule has 0 aromatic rings. The van der Waals surface area contributed by atoms with Gasteiger partial charge in [0.15, 0.2) is 0 Å². The first-order valence-corrected chi connectivity index (χ1v) is 6.23. The molecule has 0 saturated heterocycles. The van der Waals surface area contributed by atoms with E-state index in [9.17, 15) is 0 Å². The van der Waals surface area contributed by atoms with Crippen molar-refractivity contribution in [3.63, 3.8) is 0 Å². The molecule has 0 aromatic carbocycles. The van der Waals surface area contributed by atoms with Gasteiger partial charge in [-0.1, -0.05) is 12.8 Å². The second-order valence-corrected chi connectivity index (χ2v) is 5.36. The fourth-order valence-electron chi connectivity index (χ4n) is 3.64. The van der Waals surface area contributed by atoms with Crippen LogP contribution in [0.4, 0.5) is 0 Å². The molecule has 0 heterocycles. The molecule has 0 amide bonds. The first-order valence-electron chi connectivity index (χ1n) is 6.23. The highest BCUT2D eigenvalue weighted by Gasteiger charge is 2.35. The van der Waals surface area contributed by atoms with E-state index in [4.69, 9.17) is 11.5 Å². The Bertz CT molecular complexity index is 179. The van der Waals surface area contributed by atoms with Crippen LogP contribution in [0.15, 0.2) is 0 Å². The molecule has 82 valence electrons. The van der Waals surface area contributed by atoms with Crippen LogP contribution in [0.1, 0.15) is 38.5 Å². The minimum atomic E-state index is 0.803. The van der Waals surface area contributed by atoms with E-state index in [-0.39, 0.29) is 0 Å². The van der Waals surface area contributed by atoms with Crippen molar-refractivity contribution in [2.24, 2.45) is 35.1 Å². The molecule has 0 aliphatic heterocycles. The fourth-order valence-corrected chi connectivity index (χ4v) is 3.64. The Kier molecular flexibility index (Phi) is 3.45. The summed E-state index contributed by atoms with van der Waals surface area (Å²) in [6, 6.07) is 0. The van der Waals surface area contributed by atoms with Crippen LogP contribution in [0.3, 0.4) is 0 Å². The molecule has 0 spiro atoms. The van der Waals surface area contributed by atoms with E-state index in [0.29, 0.717) is 0 Å². The summed E-state index contributed by atoms with van der Waals surface area (Å²) in [6.07, 6.45) is 8.37. The normalized spacial score (nSPS) is 43.3. The smallest absolute Gasteiger partial charge is 0.00461 e. The maximum Gasteiger partial charge on any atom is -0.00461 e. The second-order valence-electron chi connectivity index (χ2n) is 5.36. The number of rotatable bonds is 2. The monoisotopic (exact) mass is 196 g/mol. The van der Waals surface area contributed by atoms with Crippen molar-refractivity contribution in [1.82, 2.24) is 0 Å². The Morgan fingerprint density at radius 2 is 1.79 bits per heavy atom. The minimum absolute atomic E-state index is 0.803. The first kappa shape index (κ1) is 10.4. The van der Waals surface area contributed by atoms with Gasteiger partial charge in [-0.2, -0.15) is 0 Å². The molecule has 2 aliphatic carbocycles. The third-order valence-corrected chi connectivity index (χ3v) is 4.43. The molecule has 2 saturated carbocycles. The number of fused-ring (bicyclic) bond motifs is 2. The summed E-state index contributed by atoms with van der Waals surface area (Å²) < 4.78 is 0. The van der Waals surface area contributed by atoms with Gasteiger partial charge in [0.05, 0.1) is 0 Å². The van der Waals surface area contributed by atoms with Crippen LogP contribution in [-0.2, 0) is 0 Å². The predicted octanol–water partition coefficient (Wildman–Crippen LogP) is 1.74. The Morgan fingerprint density at radius 1 is 0.929 bits per heavy atom. The molecular weight excluding hydrogens is 172 g/mol. The van der Waals surface area contributed by atoms with Crippen LogP contribution in [0, 0.1) is 23.7 Å². The maximum atomic E-state index is 5.83. The molecule has 0 aromatic heterocycles. The highest BCUT2D eigenvalue weighted by molar-refractivity contribution is 4.87. The summed E-state index contributed by atoms with van der Waals surface area (Å²) >= 11 is 0. The Balaban J connectivity index is 1.96. The predicted molar refractivity (Wildman–Crippen MR) is 59.8 cm³/mol. The van der Waals surface area contributed by atoms with Crippen molar-refractivity contribution >= 4 is 0 Å². The van der Waals surface area contributed by atoms with E-state index in [1.165, 1.54) is 38.5 Å². The fraction of sp³-hybridized carbons (Fsp3) is 1.00. The largest absolute Gasteiger partial charge is 0.330 e. The van der Waals surface area contributed by atoms with Crippen molar-refractivity contribution in [2.45, 2.75) is 38.5 Å². The summed E-state index contributed by atoms with van der Waals surface area (Å²) in [6.45, 7) is 1.81. The summed E-state index contributed by atoms with van der Waals surface area (Å²) in [5.74, 6) is 3.53. The molecule has 4 atom stereocenters. The molecule has 2 rings (SSSR count). The highest BCUT2D eigenvalue weighted by Crippen LogP contribution is 2.44. The molecule has 4 N–H and O–H groups in total. The van der Waals surface area contributed by atoms with Crippen molar-refractivity contribution in [1.29, 1.82) is 0 Å². The van der Waals surface area contributed by atoms with Crippen LogP contribution in [0.5, 0.6) is 0 Å². The third kappa shape index (κ3) is 2.12. The lowest BCUT2D eigenvalue weighted by atomic mass is 9.84. The average molecular weight is 196 g/mol. The zero-order valence-electron chi connectivity index (χ0n) is 9.12. The molecule has 2 nitrogen and oxygen atoms in total. The van der Waals surface area contributed by atoms with Crippen molar-refractivity contribution in [2.75, 3.05) is 13.1 Å². The second kappa shape index (κ2) is 4.63. The van der Waals surface area contributed by atoms with E-state index in [2.05, 4.69) is 0 Å². The molecular formula is C12H24N2. The zero-order chi connectivity index (χ0) is 9.97. The third-order valence-electron chi connectivity index (χ3n) is 4.43. The van der Waals surface area contributed by atoms with Crippen molar-refractivity contribution in [3.05, 3.63) is 0 Å². The van der Waals surface area contributed by atoms with Crippen LogP contribution in [-0.4, -0.2) is 13.1 Å². The Hall–Kier alpha value is -0.0800. The highest BCUT2D eigenvalue weighted by atomic mass is 14.6. The van der Waals surface area contributed by atoms with E-state index in [0.717, 1.165) is 36.8 Å². The van der Waals surface area contributed by atoms with Gasteiger partial charge in [-0.15, -0.1) is 0 Å². The molecule has 14 heavy (non-hydrogen) atoms. The summed E-state index contributed by atoms with van der Waals surface area (Å²) in [4.78, 5) is 0. The molecule has 2 heteroatoms. The molecule has 2 bridgehead atoms. The van der Waals surface area contributed by atoms with Gasteiger partial charge in [0.25, 0.3) is 0 Å². The van der Waals surface area contributed by atoms with E-state index >= 15 is 0 Å². The maximum absolute atomic E-state index is 5.83. The minimum Gasteiger partial charge on any atom is -0.330 e. The van der Waals surface area contributed by atoms with Gasteiger partial charge in [-0.25, -0.2) is 0 Å². The Morgan fingerprint density at radius 3 is 2.50 bits per heavy atom. The van der Waals surface area contributed by atoms with Crippen LogP contribution in [0.2, 0.25) is 0 Å². The van der Waals surface area contributed by atoms with Crippen molar-refractivity contribution < 1.29 is 0 Å². The van der Waals surface area contributed by atoms with Gasteiger partial charge in [-0.05, 0) is 62.4 Å². The molecule has 4 unspecified atom stereocenters. The van der Waals surface area contributed by atoms with Gasteiger partial charge >= 0.3 is 0 Å². The lowest BCUT2D eigenvalue weighted by molar-refractivity contribution is 0.300. The van der Waals surface area contributed by atoms with E-state index < -0.39 is 0 Å². The van der Waals surface area contributed by atoms with Crippen LogP contribution in [0.25, 0.3) is 0 Å². The number of hydrogen-bond donors (Lipinski definition) is 2. The quantitative estimate of drug-likeness (QED) is 0.707. The van der Waals surface area contributed by atoms with Crippen LogP contribution < -0.4 is 11.5 Å². The zero-order valence-corrected chi connectivity index (χ0v) is 9.12. The molecule has 0 radical (unpaired) electrons. The standard InChI is InChI=1S/C12H24N2/c13-7-9-2-1-3-11-5-10(4-9)6-12(11)8-14/h9-12H,1-8,13-14H2. The lowest BCUT2D eigenvalue weighted by Gasteiger charge is -2.23. The van der Waals surface area contributed by atoms with Crippen molar-refractivity contribution in [3.8, 4) is 0 Å². The summed E-state index contributed by atoms with van der Waals surface area (Å²) in [7, 11) is 0. The van der Waals surface area contributed by atoms with Gasteiger partial charge < -0.3 is 11.5 Å². The average Bonchev–Trinajstić information content (AvgIpc) is 2.57. The number of nitrogens with two attached hydrogens (primary N) is 2. The topological polar surface area (TPSA) is 52.0 Å².